The van der Waals surface area contributed by atoms with E-state index in [0.717, 1.165) is 5.56 Å². The fourth-order valence-corrected chi connectivity index (χ4v) is 1.74. The lowest BCUT2D eigenvalue weighted by Gasteiger charge is -2.10. The van der Waals surface area contributed by atoms with Gasteiger partial charge >= 0.3 is 6.18 Å². The first-order valence-electron chi connectivity index (χ1n) is 6.01. The normalized spacial score (nSPS) is 11.4. The molecule has 0 bridgehead atoms. The maximum atomic E-state index is 11.9. The average molecular weight is 274 g/mol. The Bertz CT molecular complexity index is 424. The van der Waals surface area contributed by atoms with Crippen LogP contribution in [0.2, 0.25) is 0 Å². The third-order valence-corrected chi connectivity index (χ3v) is 2.70. The molecule has 3 nitrogen and oxygen atoms in total. The van der Waals surface area contributed by atoms with Crippen LogP contribution in [0, 0.1) is 6.92 Å². The van der Waals surface area contributed by atoms with E-state index in [1.54, 1.807) is 25.1 Å². The number of hydrogen-bond donors (Lipinski definition) is 2. The van der Waals surface area contributed by atoms with Crippen LogP contribution in [-0.2, 0) is 0 Å². The largest absolute Gasteiger partial charge is 0.398 e. The second-order valence-corrected chi connectivity index (χ2v) is 4.37. The number of carbonyl (C=O) groups is 1. The van der Waals surface area contributed by atoms with Crippen LogP contribution in [-0.4, -0.2) is 18.6 Å². The van der Waals surface area contributed by atoms with Crippen molar-refractivity contribution >= 4 is 11.6 Å². The molecule has 0 unspecified atom stereocenters. The number of halogens is 3. The first-order valence-corrected chi connectivity index (χ1v) is 6.01. The minimum Gasteiger partial charge on any atom is -0.398 e. The van der Waals surface area contributed by atoms with Crippen LogP contribution in [0.5, 0.6) is 0 Å². The molecule has 0 spiro atoms. The van der Waals surface area contributed by atoms with Crippen molar-refractivity contribution in [2.45, 2.75) is 32.4 Å². The molecule has 0 fully saturated rings. The summed E-state index contributed by atoms with van der Waals surface area (Å²) in [5.74, 6) is -0.345. The second kappa shape index (κ2) is 6.45. The molecule has 1 aromatic carbocycles. The maximum absolute atomic E-state index is 11.9. The number of aryl methyl sites for hydroxylation is 1. The number of hydrogen-bond acceptors (Lipinski definition) is 2. The summed E-state index contributed by atoms with van der Waals surface area (Å²) in [6.07, 6.45) is -4.66. The van der Waals surface area contributed by atoms with Gasteiger partial charge in [0.1, 0.15) is 0 Å². The zero-order valence-electron chi connectivity index (χ0n) is 10.7. The number of rotatable bonds is 5. The van der Waals surface area contributed by atoms with E-state index in [1.165, 1.54) is 0 Å². The van der Waals surface area contributed by atoms with Gasteiger partial charge in [0.2, 0.25) is 0 Å². The van der Waals surface area contributed by atoms with Crippen molar-refractivity contribution in [3.05, 3.63) is 29.3 Å². The van der Waals surface area contributed by atoms with Gasteiger partial charge in [-0.3, -0.25) is 4.79 Å². The molecule has 106 valence electrons. The molecule has 1 rings (SSSR count). The van der Waals surface area contributed by atoms with E-state index in [4.69, 9.17) is 5.73 Å². The third-order valence-electron chi connectivity index (χ3n) is 2.70. The summed E-state index contributed by atoms with van der Waals surface area (Å²) in [5, 5.41) is 2.58. The van der Waals surface area contributed by atoms with E-state index in [9.17, 15) is 18.0 Å². The first-order chi connectivity index (χ1) is 8.81. The number of nitrogen functional groups attached to an aromatic ring is 1. The molecular formula is C13H17F3N2O. The molecule has 0 aliphatic rings. The Balaban J connectivity index is 2.40. The molecule has 3 N–H and O–H groups in total. The van der Waals surface area contributed by atoms with Crippen molar-refractivity contribution in [3.63, 3.8) is 0 Å². The summed E-state index contributed by atoms with van der Waals surface area (Å²) in [4.78, 5) is 11.8. The number of anilines is 1. The van der Waals surface area contributed by atoms with Crippen LogP contribution in [0.25, 0.3) is 0 Å². The van der Waals surface area contributed by atoms with Gasteiger partial charge in [-0.25, -0.2) is 0 Å². The van der Waals surface area contributed by atoms with Crippen LogP contribution in [0.3, 0.4) is 0 Å². The highest BCUT2D eigenvalue weighted by molar-refractivity contribution is 6.00. The number of nitrogens with two attached hydrogens (primary N) is 1. The molecule has 6 heteroatoms. The highest BCUT2D eigenvalue weighted by atomic mass is 19.4. The van der Waals surface area contributed by atoms with Crippen LogP contribution in [0.15, 0.2) is 18.2 Å². The summed E-state index contributed by atoms with van der Waals surface area (Å²) in [6.45, 7) is 1.97. The quantitative estimate of drug-likeness (QED) is 0.640. The monoisotopic (exact) mass is 274 g/mol. The molecule has 0 atom stereocenters. The zero-order chi connectivity index (χ0) is 14.5. The third kappa shape index (κ3) is 5.19. The highest BCUT2D eigenvalue weighted by Gasteiger charge is 2.25. The number of nitrogens with one attached hydrogen (secondary N) is 1. The smallest absolute Gasteiger partial charge is 0.389 e. The Morgan fingerprint density at radius 2 is 2.00 bits per heavy atom. The minimum atomic E-state index is -4.13. The highest BCUT2D eigenvalue weighted by Crippen LogP contribution is 2.22. The van der Waals surface area contributed by atoms with Crippen molar-refractivity contribution in [1.82, 2.24) is 5.32 Å². The number of benzene rings is 1. The van der Waals surface area contributed by atoms with Crippen molar-refractivity contribution in [2.24, 2.45) is 0 Å². The lowest BCUT2D eigenvalue weighted by molar-refractivity contribution is -0.135. The summed E-state index contributed by atoms with van der Waals surface area (Å²) in [6, 6.07) is 5.12. The number of unbranched alkanes of at least 4 members (excludes halogenated alkanes) is 1. The van der Waals surface area contributed by atoms with E-state index < -0.39 is 12.6 Å². The Labute approximate surface area is 110 Å². The molecule has 0 radical (unpaired) electrons. The van der Waals surface area contributed by atoms with Crippen LogP contribution in [0.4, 0.5) is 18.9 Å². The van der Waals surface area contributed by atoms with E-state index in [2.05, 4.69) is 5.32 Å². The molecule has 1 amide bonds. The molecule has 0 aliphatic heterocycles. The van der Waals surface area contributed by atoms with Crippen molar-refractivity contribution in [3.8, 4) is 0 Å². The summed E-state index contributed by atoms with van der Waals surface area (Å²) in [7, 11) is 0. The van der Waals surface area contributed by atoms with Crippen molar-refractivity contribution in [1.29, 1.82) is 0 Å². The Hall–Kier alpha value is -1.72. The van der Waals surface area contributed by atoms with Gasteiger partial charge in [0, 0.05) is 18.7 Å². The molecular weight excluding hydrogens is 257 g/mol. The van der Waals surface area contributed by atoms with Gasteiger partial charge in [-0.1, -0.05) is 12.1 Å². The molecule has 0 saturated carbocycles. The first kappa shape index (κ1) is 15.3. The second-order valence-electron chi connectivity index (χ2n) is 4.37. The molecule has 0 saturated heterocycles. The summed E-state index contributed by atoms with van der Waals surface area (Å²) < 4.78 is 35.7. The Kier molecular flexibility index (Phi) is 5.20. The standard InChI is InChI=1S/C13H17F3N2O/c1-9-5-4-6-10(17)11(9)12(19)18-8-3-2-7-13(14,15)16/h4-6H,2-3,7-8,17H2,1H3,(H,18,19). The van der Waals surface area contributed by atoms with Gasteiger partial charge in [-0.05, 0) is 31.4 Å². The SMILES string of the molecule is Cc1cccc(N)c1C(=O)NCCCCC(F)(F)F. The Morgan fingerprint density at radius 1 is 1.32 bits per heavy atom. The topological polar surface area (TPSA) is 55.1 Å². The molecule has 19 heavy (non-hydrogen) atoms. The van der Waals surface area contributed by atoms with Gasteiger partial charge in [0.15, 0.2) is 0 Å². The maximum Gasteiger partial charge on any atom is 0.389 e. The molecule has 0 aromatic heterocycles. The average Bonchev–Trinajstić information content (AvgIpc) is 2.26. The molecule has 0 heterocycles. The summed E-state index contributed by atoms with van der Waals surface area (Å²) >= 11 is 0. The van der Waals surface area contributed by atoms with E-state index >= 15 is 0 Å². The van der Waals surface area contributed by atoms with Gasteiger partial charge in [-0.15, -0.1) is 0 Å². The predicted molar refractivity (Wildman–Crippen MR) is 67.8 cm³/mol. The fraction of sp³-hybridized carbons (Fsp3) is 0.462. The minimum absolute atomic E-state index is 0.00698. The molecule has 0 aliphatic carbocycles. The molecule has 1 aromatic rings. The lowest BCUT2D eigenvalue weighted by Crippen LogP contribution is -2.26. The zero-order valence-corrected chi connectivity index (χ0v) is 10.7. The van der Waals surface area contributed by atoms with E-state index in [1.807, 2.05) is 0 Å². The fourth-order valence-electron chi connectivity index (χ4n) is 1.74. The Morgan fingerprint density at radius 3 is 2.58 bits per heavy atom. The van der Waals surface area contributed by atoms with Crippen molar-refractivity contribution < 1.29 is 18.0 Å². The van der Waals surface area contributed by atoms with Gasteiger partial charge < -0.3 is 11.1 Å². The van der Waals surface area contributed by atoms with Gasteiger partial charge in [-0.2, -0.15) is 13.2 Å². The summed E-state index contributed by atoms with van der Waals surface area (Å²) in [5.41, 5.74) is 7.20. The number of alkyl halides is 3. The van der Waals surface area contributed by atoms with Crippen molar-refractivity contribution in [2.75, 3.05) is 12.3 Å². The van der Waals surface area contributed by atoms with Gasteiger partial charge in [0.05, 0.1) is 5.56 Å². The van der Waals surface area contributed by atoms with Gasteiger partial charge in [0.25, 0.3) is 5.91 Å². The number of carbonyl (C=O) groups excluding carboxylic acids is 1. The number of amides is 1. The van der Waals surface area contributed by atoms with Crippen LogP contribution < -0.4 is 11.1 Å². The predicted octanol–water partition coefficient (Wildman–Crippen LogP) is 3.04. The van der Waals surface area contributed by atoms with E-state index in [0.29, 0.717) is 11.3 Å². The van der Waals surface area contributed by atoms with Crippen LogP contribution in [0.1, 0.15) is 35.2 Å². The lowest BCUT2D eigenvalue weighted by atomic mass is 10.1. The van der Waals surface area contributed by atoms with E-state index in [-0.39, 0.29) is 25.3 Å². The van der Waals surface area contributed by atoms with Crippen LogP contribution >= 0.6 is 0 Å².